The van der Waals surface area contributed by atoms with Crippen molar-refractivity contribution in [2.45, 2.75) is 24.4 Å². The third kappa shape index (κ3) is 4.81. The number of imidazole rings is 1. The van der Waals surface area contributed by atoms with E-state index in [-0.39, 0.29) is 24.9 Å². The molecule has 2 aromatic heterocycles. The van der Waals surface area contributed by atoms with Crippen LogP contribution >= 0.6 is 11.6 Å². The summed E-state index contributed by atoms with van der Waals surface area (Å²) in [5, 5.41) is 10.4. The highest BCUT2D eigenvalue weighted by molar-refractivity contribution is 7.72. The van der Waals surface area contributed by atoms with Gasteiger partial charge in [0.1, 0.15) is 18.3 Å². The van der Waals surface area contributed by atoms with Crippen LogP contribution in [0.5, 0.6) is 6.01 Å². The van der Waals surface area contributed by atoms with Gasteiger partial charge in [0.25, 0.3) is 6.01 Å². The van der Waals surface area contributed by atoms with Crippen molar-refractivity contribution in [2.75, 3.05) is 20.3 Å². The van der Waals surface area contributed by atoms with E-state index >= 15 is 0 Å². The minimum absolute atomic E-state index is 0.231. The number of halogens is 1. The molecular weight excluding hydrogens is 518 g/mol. The number of nitrogens with zero attached hydrogens (tertiary/aromatic N) is 3. The van der Waals surface area contributed by atoms with E-state index in [4.69, 9.17) is 25.8 Å². The number of H-pyrrole nitrogens is 1. The van der Waals surface area contributed by atoms with E-state index in [1.807, 2.05) is 48.5 Å². The Labute approximate surface area is 219 Å². The molecule has 192 valence electrons. The molecule has 0 amide bonds. The topological polar surface area (TPSA) is 131 Å². The third-order valence-electron chi connectivity index (χ3n) is 6.37. The van der Waals surface area contributed by atoms with E-state index in [1.54, 1.807) is 13.1 Å². The van der Waals surface area contributed by atoms with Crippen molar-refractivity contribution >= 4 is 39.2 Å². The number of nitrogens with one attached hydrogen (secondary N) is 2. The normalized spacial score (nSPS) is 24.0. The molecule has 2 fully saturated rings. The maximum Gasteiger partial charge on any atom is 0.296 e. The number of fused-ring (bicyclic) bond motifs is 2. The van der Waals surface area contributed by atoms with E-state index in [2.05, 4.69) is 24.0 Å². The first-order chi connectivity index (χ1) is 18.0. The Hall–Kier alpha value is -3.06. The van der Waals surface area contributed by atoms with Crippen molar-refractivity contribution in [3.63, 3.8) is 0 Å². The number of hydrogen-bond donors (Lipinski definition) is 3. The SMILES string of the molecule is CN[S-](=O)=Nc1ccc(-c2ccc(-c3nc4nc(O[C@@H]5CO[C@H]6[C@@H]5OC[C@H]6O)[nH]c4cc3Cl)cc2)cc1. The fourth-order valence-electron chi connectivity index (χ4n) is 4.52. The second-order valence-corrected chi connectivity index (χ2v) is 10.2. The summed E-state index contributed by atoms with van der Waals surface area (Å²) in [6.45, 7) is 0.538. The van der Waals surface area contributed by atoms with Crippen LogP contribution < -0.4 is 9.46 Å². The molecule has 2 saturated heterocycles. The maximum absolute atomic E-state index is 11.5. The van der Waals surface area contributed by atoms with E-state index in [0.29, 0.717) is 40.2 Å². The maximum atomic E-state index is 11.5. The molecular formula is C25H23ClN5O5S-. The molecule has 4 aromatic rings. The third-order valence-corrected chi connectivity index (χ3v) is 7.39. The highest BCUT2D eigenvalue weighted by atomic mass is 35.5. The van der Waals surface area contributed by atoms with Crippen LogP contribution in [0.15, 0.2) is 59.0 Å². The molecule has 2 aliphatic heterocycles. The molecule has 10 nitrogen and oxygen atoms in total. The van der Waals surface area contributed by atoms with E-state index in [0.717, 1.165) is 16.7 Å². The number of aromatic nitrogens is 3. The number of benzene rings is 2. The molecule has 0 saturated carbocycles. The summed E-state index contributed by atoms with van der Waals surface area (Å²) in [6, 6.07) is 17.4. The van der Waals surface area contributed by atoms with Crippen LogP contribution in [0.4, 0.5) is 5.69 Å². The van der Waals surface area contributed by atoms with Crippen molar-refractivity contribution in [1.82, 2.24) is 19.7 Å². The summed E-state index contributed by atoms with van der Waals surface area (Å²) in [6.07, 6.45) is -1.74. The summed E-state index contributed by atoms with van der Waals surface area (Å²) in [5.41, 5.74) is 5.21. The van der Waals surface area contributed by atoms with Crippen LogP contribution in [0.3, 0.4) is 0 Å². The monoisotopic (exact) mass is 540 g/mol. The average Bonchev–Trinajstić information content (AvgIpc) is 3.60. The highest BCUT2D eigenvalue weighted by Crippen LogP contribution is 2.33. The molecule has 37 heavy (non-hydrogen) atoms. The van der Waals surface area contributed by atoms with Crippen molar-refractivity contribution in [1.29, 1.82) is 0 Å². The Bertz CT molecular complexity index is 1520. The quantitative estimate of drug-likeness (QED) is 0.317. The van der Waals surface area contributed by atoms with Crippen LogP contribution in [0.2, 0.25) is 5.02 Å². The molecule has 0 aliphatic carbocycles. The van der Waals surface area contributed by atoms with Gasteiger partial charge < -0.3 is 37.6 Å². The van der Waals surface area contributed by atoms with Gasteiger partial charge in [-0.3, -0.25) is 0 Å². The lowest BCUT2D eigenvalue weighted by atomic mass is 10.0. The van der Waals surface area contributed by atoms with Gasteiger partial charge in [-0.1, -0.05) is 48.0 Å². The van der Waals surface area contributed by atoms with Crippen LogP contribution in [0.1, 0.15) is 0 Å². The number of aromatic amines is 1. The number of hydrogen-bond acceptors (Lipinski definition) is 9. The summed E-state index contributed by atoms with van der Waals surface area (Å²) in [7, 11) is 0.140. The number of rotatable bonds is 6. The van der Waals surface area contributed by atoms with Gasteiger partial charge >= 0.3 is 0 Å². The molecule has 6 rings (SSSR count). The second-order valence-electron chi connectivity index (χ2n) is 8.72. The van der Waals surface area contributed by atoms with E-state index in [1.165, 1.54) is 0 Å². The fraction of sp³-hybridized carbons (Fsp3) is 0.280. The Balaban J connectivity index is 1.21. The fourth-order valence-corrected chi connectivity index (χ4v) is 5.18. The number of aliphatic hydroxyl groups excluding tert-OH is 1. The van der Waals surface area contributed by atoms with Gasteiger partial charge in [-0.2, -0.15) is 4.98 Å². The highest BCUT2D eigenvalue weighted by Gasteiger charge is 2.48. The Morgan fingerprint density at radius 1 is 1.05 bits per heavy atom. The molecule has 2 aromatic carbocycles. The summed E-state index contributed by atoms with van der Waals surface area (Å²) < 4.78 is 35.4. The lowest BCUT2D eigenvalue weighted by molar-refractivity contribution is 0.00706. The van der Waals surface area contributed by atoms with Crippen LogP contribution in [-0.2, 0) is 24.5 Å². The van der Waals surface area contributed by atoms with Gasteiger partial charge in [-0.05, 0) is 36.4 Å². The first-order valence-corrected chi connectivity index (χ1v) is 13.1. The van der Waals surface area contributed by atoms with Crippen LogP contribution in [-0.4, -0.2) is 64.7 Å². The van der Waals surface area contributed by atoms with Crippen molar-refractivity contribution in [2.24, 2.45) is 4.36 Å². The van der Waals surface area contributed by atoms with E-state index in [9.17, 15) is 9.32 Å². The average molecular weight is 541 g/mol. The molecule has 4 atom stereocenters. The first-order valence-electron chi connectivity index (χ1n) is 11.6. The largest absolute Gasteiger partial charge is 0.456 e. The van der Waals surface area contributed by atoms with Crippen molar-refractivity contribution < 1.29 is 23.5 Å². The zero-order valence-electron chi connectivity index (χ0n) is 19.6. The van der Waals surface area contributed by atoms with Gasteiger partial charge in [-0.15, -0.1) is 10.8 Å². The molecule has 12 heteroatoms. The molecule has 0 radical (unpaired) electrons. The van der Waals surface area contributed by atoms with Gasteiger partial charge in [0.15, 0.2) is 11.8 Å². The number of pyridine rings is 1. The minimum atomic E-state index is -1.45. The summed E-state index contributed by atoms with van der Waals surface area (Å²) in [5.74, 6) is 0. The predicted molar refractivity (Wildman–Crippen MR) is 139 cm³/mol. The molecule has 0 bridgehead atoms. The van der Waals surface area contributed by atoms with Crippen molar-refractivity contribution in [3.8, 4) is 28.4 Å². The number of ether oxygens (including phenoxy) is 3. The molecule has 0 unspecified atom stereocenters. The van der Waals surface area contributed by atoms with Gasteiger partial charge in [0.2, 0.25) is 0 Å². The molecule has 4 heterocycles. The lowest BCUT2D eigenvalue weighted by Crippen LogP contribution is -2.34. The minimum Gasteiger partial charge on any atom is -0.456 e. The van der Waals surface area contributed by atoms with Gasteiger partial charge in [0, 0.05) is 11.3 Å². The Kier molecular flexibility index (Phi) is 6.57. The van der Waals surface area contributed by atoms with Crippen LogP contribution in [0, 0.1) is 0 Å². The zero-order valence-corrected chi connectivity index (χ0v) is 21.2. The van der Waals surface area contributed by atoms with Crippen molar-refractivity contribution in [3.05, 3.63) is 59.6 Å². The lowest BCUT2D eigenvalue weighted by Gasteiger charge is -2.15. The standard InChI is InChI=1S/C25H23ClN5O5S/c1-27-37(33)31-16-8-6-14(7-9-16)13-2-4-15(5-3-13)21-17(26)10-18-24(29-21)30-25(28-18)36-20-12-35-22-19(32)11-34-23(20)22/h2-10,19-20,22-23,32H,11-12H2,1H3,(H,27,31,33)(H,28,29,30)/q-1/t19-,20-,22-,23-/m1/s1. The molecule has 2 aliphatic rings. The van der Waals surface area contributed by atoms with Gasteiger partial charge in [-0.25, -0.2) is 4.98 Å². The predicted octanol–water partition coefficient (Wildman–Crippen LogP) is 3.76. The van der Waals surface area contributed by atoms with Gasteiger partial charge in [0.05, 0.1) is 29.4 Å². The summed E-state index contributed by atoms with van der Waals surface area (Å²) >= 11 is 6.57. The number of aliphatic hydroxyl groups is 1. The second kappa shape index (κ2) is 10.0. The smallest absolute Gasteiger partial charge is 0.296 e. The summed E-state index contributed by atoms with van der Waals surface area (Å²) in [4.78, 5) is 12.2. The van der Waals surface area contributed by atoms with Crippen LogP contribution in [0.25, 0.3) is 33.5 Å². The molecule has 3 N–H and O–H groups in total. The Morgan fingerprint density at radius 2 is 1.73 bits per heavy atom. The Morgan fingerprint density at radius 3 is 2.46 bits per heavy atom. The molecule has 0 spiro atoms. The first kappa shape index (κ1) is 24.3. The zero-order chi connectivity index (χ0) is 25.5. The van der Waals surface area contributed by atoms with E-state index < -0.39 is 16.9 Å².